The lowest BCUT2D eigenvalue weighted by Gasteiger charge is -2.18. The molecule has 0 bridgehead atoms. The van der Waals surface area contributed by atoms with E-state index in [0.29, 0.717) is 0 Å². The Hall–Kier alpha value is -1.49. The second-order valence-electron chi connectivity index (χ2n) is 4.85. The van der Waals surface area contributed by atoms with Crippen molar-refractivity contribution < 1.29 is 13.6 Å². The Morgan fingerprint density at radius 1 is 1.32 bits per heavy atom. The fourth-order valence-electron chi connectivity index (χ4n) is 2.24. The van der Waals surface area contributed by atoms with Crippen LogP contribution in [0.3, 0.4) is 0 Å². The molecule has 2 rings (SSSR count). The lowest BCUT2D eigenvalue weighted by atomic mass is 10.1. The minimum absolute atomic E-state index is 0.000244. The summed E-state index contributed by atoms with van der Waals surface area (Å²) < 4.78 is 24.9. The van der Waals surface area contributed by atoms with Gasteiger partial charge in [0.05, 0.1) is 12.1 Å². The first-order chi connectivity index (χ1) is 9.08. The minimum Gasteiger partial charge on any atom is -0.348 e. The van der Waals surface area contributed by atoms with Gasteiger partial charge in [0, 0.05) is 5.56 Å². The van der Waals surface area contributed by atoms with Crippen LogP contribution in [-0.2, 0) is 4.79 Å². The van der Waals surface area contributed by atoms with E-state index >= 15 is 0 Å². The molecule has 0 spiro atoms. The van der Waals surface area contributed by atoms with Gasteiger partial charge in [0.15, 0.2) is 0 Å². The second-order valence-corrected chi connectivity index (χ2v) is 4.85. The van der Waals surface area contributed by atoms with Crippen LogP contribution in [0.5, 0.6) is 0 Å². The summed E-state index contributed by atoms with van der Waals surface area (Å²) in [6.45, 7) is 2.72. The van der Waals surface area contributed by atoms with Gasteiger partial charge in [0.1, 0.15) is 0 Å². The zero-order valence-corrected chi connectivity index (χ0v) is 10.8. The third-order valence-corrected chi connectivity index (χ3v) is 3.42. The van der Waals surface area contributed by atoms with E-state index in [0.717, 1.165) is 24.9 Å². The van der Waals surface area contributed by atoms with Crippen molar-refractivity contribution in [3.8, 4) is 0 Å². The van der Waals surface area contributed by atoms with Gasteiger partial charge in [-0.3, -0.25) is 4.79 Å². The summed E-state index contributed by atoms with van der Waals surface area (Å²) in [5.74, 6) is -0.0251. The molecule has 1 aliphatic rings. The third kappa shape index (κ3) is 3.50. The van der Waals surface area contributed by atoms with Gasteiger partial charge in [-0.05, 0) is 31.9 Å². The first-order valence-electron chi connectivity index (χ1n) is 6.49. The summed E-state index contributed by atoms with van der Waals surface area (Å²) in [4.78, 5) is 11.9. The topological polar surface area (TPSA) is 41.1 Å². The Bertz CT molecular complexity index is 428. The molecule has 2 N–H and O–H groups in total. The average Bonchev–Trinajstić information content (AvgIpc) is 2.92. The van der Waals surface area contributed by atoms with Crippen molar-refractivity contribution in [1.29, 1.82) is 0 Å². The number of alkyl halides is 2. The van der Waals surface area contributed by atoms with Gasteiger partial charge < -0.3 is 10.6 Å². The molecule has 0 aromatic heterocycles. The van der Waals surface area contributed by atoms with Crippen LogP contribution >= 0.6 is 0 Å². The summed E-state index contributed by atoms with van der Waals surface area (Å²) in [5.41, 5.74) is 0.829. The van der Waals surface area contributed by atoms with Gasteiger partial charge in [0.25, 0.3) is 6.43 Å². The van der Waals surface area contributed by atoms with Gasteiger partial charge in [0.2, 0.25) is 5.91 Å². The highest BCUT2D eigenvalue weighted by molar-refractivity contribution is 5.82. The Morgan fingerprint density at radius 3 is 2.47 bits per heavy atom. The van der Waals surface area contributed by atoms with Crippen LogP contribution in [0, 0.1) is 0 Å². The number of hydrogen-bond donors (Lipinski definition) is 2. The quantitative estimate of drug-likeness (QED) is 0.881. The maximum Gasteiger partial charge on any atom is 0.263 e. The van der Waals surface area contributed by atoms with Gasteiger partial charge >= 0.3 is 0 Å². The van der Waals surface area contributed by atoms with E-state index in [1.807, 2.05) is 6.92 Å². The molecule has 0 radical (unpaired) electrons. The molecule has 0 unspecified atom stereocenters. The van der Waals surface area contributed by atoms with Crippen molar-refractivity contribution in [3.63, 3.8) is 0 Å². The van der Waals surface area contributed by atoms with Gasteiger partial charge in [-0.2, -0.15) is 0 Å². The molecule has 104 valence electrons. The summed E-state index contributed by atoms with van der Waals surface area (Å²) in [6, 6.07) is 5.76. The van der Waals surface area contributed by atoms with Gasteiger partial charge in [-0.25, -0.2) is 8.78 Å². The molecule has 1 aliphatic heterocycles. The van der Waals surface area contributed by atoms with Crippen LogP contribution < -0.4 is 10.6 Å². The first kappa shape index (κ1) is 13.9. The van der Waals surface area contributed by atoms with E-state index in [-0.39, 0.29) is 23.6 Å². The zero-order valence-electron chi connectivity index (χ0n) is 10.8. The molecular weight excluding hydrogens is 250 g/mol. The molecule has 1 fully saturated rings. The average molecular weight is 268 g/mol. The highest BCUT2D eigenvalue weighted by Crippen LogP contribution is 2.21. The molecule has 1 heterocycles. The lowest BCUT2D eigenvalue weighted by molar-refractivity contribution is -0.123. The molecule has 0 saturated carbocycles. The summed E-state index contributed by atoms with van der Waals surface area (Å²) in [7, 11) is 0. The van der Waals surface area contributed by atoms with Crippen LogP contribution in [0.25, 0.3) is 0 Å². The number of carbonyl (C=O) groups is 1. The van der Waals surface area contributed by atoms with Crippen molar-refractivity contribution in [2.24, 2.45) is 0 Å². The predicted octanol–water partition coefficient (Wildman–Crippen LogP) is 2.55. The summed E-state index contributed by atoms with van der Waals surface area (Å²) in [6.07, 6.45) is -0.597. The molecule has 1 aromatic carbocycles. The van der Waals surface area contributed by atoms with E-state index < -0.39 is 6.43 Å². The zero-order chi connectivity index (χ0) is 13.8. The molecule has 19 heavy (non-hydrogen) atoms. The van der Waals surface area contributed by atoms with E-state index in [2.05, 4.69) is 10.6 Å². The lowest BCUT2D eigenvalue weighted by Crippen LogP contribution is -2.41. The van der Waals surface area contributed by atoms with Crippen molar-refractivity contribution >= 4 is 5.91 Å². The Balaban J connectivity index is 1.95. The van der Waals surface area contributed by atoms with Crippen molar-refractivity contribution in [1.82, 2.24) is 10.6 Å². The maximum atomic E-state index is 12.4. The highest BCUT2D eigenvalue weighted by Gasteiger charge is 2.23. The number of rotatable bonds is 4. The molecule has 1 aromatic rings. The van der Waals surface area contributed by atoms with Crippen molar-refractivity contribution in [2.75, 3.05) is 6.54 Å². The number of carbonyl (C=O) groups excluding carboxylic acids is 1. The summed E-state index contributed by atoms with van der Waals surface area (Å²) >= 11 is 0. The van der Waals surface area contributed by atoms with E-state index in [1.165, 1.54) is 12.1 Å². The number of benzene rings is 1. The predicted molar refractivity (Wildman–Crippen MR) is 69.0 cm³/mol. The van der Waals surface area contributed by atoms with Crippen LogP contribution in [-0.4, -0.2) is 18.5 Å². The molecular formula is C14H18F2N2O. The monoisotopic (exact) mass is 268 g/mol. The fraction of sp³-hybridized carbons (Fsp3) is 0.500. The maximum absolute atomic E-state index is 12.4. The van der Waals surface area contributed by atoms with Crippen LogP contribution in [0.1, 0.15) is 43.4 Å². The van der Waals surface area contributed by atoms with Crippen molar-refractivity contribution in [2.45, 2.75) is 38.3 Å². The SMILES string of the molecule is C[C@@H](NC(=O)[C@H]1CCCN1)c1ccc(C(F)F)cc1. The largest absolute Gasteiger partial charge is 0.348 e. The first-order valence-corrected chi connectivity index (χ1v) is 6.49. The van der Waals surface area contributed by atoms with E-state index in [9.17, 15) is 13.6 Å². The second kappa shape index (κ2) is 6.10. The Kier molecular flexibility index (Phi) is 4.47. The van der Waals surface area contributed by atoms with Gasteiger partial charge in [-0.15, -0.1) is 0 Å². The molecule has 1 saturated heterocycles. The van der Waals surface area contributed by atoms with E-state index in [1.54, 1.807) is 12.1 Å². The molecule has 3 nitrogen and oxygen atoms in total. The standard InChI is InChI=1S/C14H18F2N2O/c1-9(18-14(19)12-3-2-8-17-12)10-4-6-11(7-5-10)13(15)16/h4-7,9,12-13,17H,2-3,8H2,1H3,(H,18,19)/t9-,12-/m1/s1. The molecule has 0 aliphatic carbocycles. The smallest absolute Gasteiger partial charge is 0.263 e. The Morgan fingerprint density at radius 2 is 1.95 bits per heavy atom. The van der Waals surface area contributed by atoms with Crippen LogP contribution in [0.4, 0.5) is 8.78 Å². The molecule has 2 atom stereocenters. The van der Waals surface area contributed by atoms with Crippen LogP contribution in [0.15, 0.2) is 24.3 Å². The number of nitrogens with one attached hydrogen (secondary N) is 2. The number of halogens is 2. The van der Waals surface area contributed by atoms with Gasteiger partial charge in [-0.1, -0.05) is 24.3 Å². The minimum atomic E-state index is -2.46. The Labute approximate surface area is 111 Å². The third-order valence-electron chi connectivity index (χ3n) is 3.42. The van der Waals surface area contributed by atoms with Crippen molar-refractivity contribution in [3.05, 3.63) is 35.4 Å². The summed E-state index contributed by atoms with van der Waals surface area (Å²) in [5, 5.41) is 6.02. The fourth-order valence-corrected chi connectivity index (χ4v) is 2.24. The number of amides is 1. The van der Waals surface area contributed by atoms with E-state index in [4.69, 9.17) is 0 Å². The number of hydrogen-bond acceptors (Lipinski definition) is 2. The molecule has 1 amide bonds. The normalized spacial score (nSPS) is 20.5. The highest BCUT2D eigenvalue weighted by atomic mass is 19.3. The molecule has 5 heteroatoms. The van der Waals surface area contributed by atoms with Crippen LogP contribution in [0.2, 0.25) is 0 Å².